The van der Waals surface area contributed by atoms with Crippen molar-refractivity contribution in [2.75, 3.05) is 11.9 Å². The third-order valence-electron chi connectivity index (χ3n) is 3.42. The lowest BCUT2D eigenvalue weighted by atomic mass is 9.84. The number of hydrogen-bond acceptors (Lipinski definition) is 3. The zero-order valence-corrected chi connectivity index (χ0v) is 15.3. The van der Waals surface area contributed by atoms with E-state index in [4.69, 9.17) is 0 Å². The van der Waals surface area contributed by atoms with E-state index < -0.39 is 0 Å². The number of benzene rings is 1. The number of rotatable bonds is 4. The van der Waals surface area contributed by atoms with Crippen molar-refractivity contribution < 1.29 is 0 Å². The molecule has 0 spiro atoms. The van der Waals surface area contributed by atoms with E-state index in [-0.39, 0.29) is 11.0 Å². The third-order valence-corrected chi connectivity index (χ3v) is 4.72. The van der Waals surface area contributed by atoms with Gasteiger partial charge in [0.25, 0.3) is 5.56 Å². The molecule has 1 N–H and O–H groups in total. The van der Waals surface area contributed by atoms with Gasteiger partial charge in [0.05, 0.1) is 11.9 Å². The van der Waals surface area contributed by atoms with Gasteiger partial charge in [-0.25, -0.2) is 4.68 Å². The molecule has 21 heavy (non-hydrogen) atoms. The van der Waals surface area contributed by atoms with Gasteiger partial charge in [-0.15, -0.1) is 0 Å². The standard InChI is InChI=1S/C15H17Br2N3O/c1-15(2,10-4-6-11(16)7-5-10)9-18-12-8-19-20(3)14(21)13(12)17/h4-8,18H,9H2,1-3H3. The summed E-state index contributed by atoms with van der Waals surface area (Å²) in [5, 5.41) is 7.33. The SMILES string of the molecule is Cn1ncc(NCC(C)(C)c2ccc(Br)cc2)c(Br)c1=O. The fraction of sp³-hybridized carbons (Fsp3) is 0.333. The molecule has 0 amide bonds. The monoisotopic (exact) mass is 413 g/mol. The van der Waals surface area contributed by atoms with Crippen LogP contribution in [0.2, 0.25) is 0 Å². The van der Waals surface area contributed by atoms with Crippen LogP contribution < -0.4 is 10.9 Å². The summed E-state index contributed by atoms with van der Waals surface area (Å²) in [7, 11) is 1.63. The molecule has 0 aliphatic rings. The van der Waals surface area contributed by atoms with Crippen molar-refractivity contribution >= 4 is 37.5 Å². The highest BCUT2D eigenvalue weighted by atomic mass is 79.9. The molecule has 0 saturated carbocycles. The van der Waals surface area contributed by atoms with Gasteiger partial charge in [-0.05, 0) is 33.6 Å². The molecule has 0 unspecified atom stereocenters. The highest BCUT2D eigenvalue weighted by molar-refractivity contribution is 9.10. The van der Waals surface area contributed by atoms with Crippen molar-refractivity contribution in [2.45, 2.75) is 19.3 Å². The molecular weight excluding hydrogens is 398 g/mol. The fourth-order valence-electron chi connectivity index (χ4n) is 1.95. The lowest BCUT2D eigenvalue weighted by Gasteiger charge is -2.26. The maximum Gasteiger partial charge on any atom is 0.282 e. The summed E-state index contributed by atoms with van der Waals surface area (Å²) in [6, 6.07) is 8.27. The average Bonchev–Trinajstić information content (AvgIpc) is 2.44. The Morgan fingerprint density at radius 1 is 1.24 bits per heavy atom. The summed E-state index contributed by atoms with van der Waals surface area (Å²) < 4.78 is 2.87. The van der Waals surface area contributed by atoms with Gasteiger partial charge in [0.1, 0.15) is 4.47 Å². The molecule has 1 aromatic carbocycles. The summed E-state index contributed by atoms with van der Waals surface area (Å²) >= 11 is 6.77. The predicted molar refractivity (Wildman–Crippen MR) is 92.8 cm³/mol. The molecule has 6 heteroatoms. The molecule has 1 aromatic heterocycles. The normalized spacial score (nSPS) is 11.5. The van der Waals surface area contributed by atoms with Gasteiger partial charge >= 0.3 is 0 Å². The number of halogens is 2. The molecule has 0 saturated heterocycles. The van der Waals surface area contributed by atoms with Gasteiger partial charge in [0.15, 0.2) is 0 Å². The van der Waals surface area contributed by atoms with Crippen LogP contribution in [0.1, 0.15) is 19.4 Å². The van der Waals surface area contributed by atoms with Crippen molar-refractivity contribution in [3.63, 3.8) is 0 Å². The maximum atomic E-state index is 11.8. The van der Waals surface area contributed by atoms with Crippen molar-refractivity contribution in [2.24, 2.45) is 7.05 Å². The van der Waals surface area contributed by atoms with E-state index in [1.807, 2.05) is 12.1 Å². The van der Waals surface area contributed by atoms with Gasteiger partial charge < -0.3 is 5.32 Å². The second-order valence-electron chi connectivity index (χ2n) is 5.55. The first-order chi connectivity index (χ1) is 9.81. The zero-order valence-electron chi connectivity index (χ0n) is 12.2. The fourth-order valence-corrected chi connectivity index (χ4v) is 2.72. The Balaban J connectivity index is 2.17. The number of hydrogen-bond donors (Lipinski definition) is 1. The van der Waals surface area contributed by atoms with Crippen molar-refractivity contribution in [3.05, 3.63) is 55.3 Å². The number of anilines is 1. The summed E-state index contributed by atoms with van der Waals surface area (Å²) in [5.74, 6) is 0. The van der Waals surface area contributed by atoms with E-state index in [2.05, 4.69) is 68.3 Å². The second kappa shape index (κ2) is 6.32. The van der Waals surface area contributed by atoms with Gasteiger partial charge in [-0.1, -0.05) is 41.9 Å². The number of aromatic nitrogens is 2. The van der Waals surface area contributed by atoms with Crippen LogP contribution in [0.5, 0.6) is 0 Å². The minimum atomic E-state index is -0.151. The van der Waals surface area contributed by atoms with Crippen LogP contribution >= 0.6 is 31.9 Å². The first-order valence-electron chi connectivity index (χ1n) is 6.53. The molecular formula is C15H17Br2N3O. The molecule has 2 rings (SSSR count). The lowest BCUT2D eigenvalue weighted by Crippen LogP contribution is -2.29. The van der Waals surface area contributed by atoms with E-state index in [9.17, 15) is 4.79 Å². The molecule has 0 radical (unpaired) electrons. The van der Waals surface area contributed by atoms with Gasteiger partial charge in [0.2, 0.25) is 0 Å². The molecule has 112 valence electrons. The van der Waals surface area contributed by atoms with Crippen molar-refractivity contribution in [1.82, 2.24) is 9.78 Å². The van der Waals surface area contributed by atoms with E-state index in [1.54, 1.807) is 13.2 Å². The van der Waals surface area contributed by atoms with Crippen molar-refractivity contribution in [3.8, 4) is 0 Å². The first kappa shape index (κ1) is 16.2. The Bertz CT molecular complexity index is 693. The van der Waals surface area contributed by atoms with E-state index in [1.165, 1.54) is 10.2 Å². The summed E-state index contributed by atoms with van der Waals surface area (Å²) in [5.41, 5.74) is 1.72. The van der Waals surface area contributed by atoms with E-state index >= 15 is 0 Å². The topological polar surface area (TPSA) is 46.9 Å². The number of nitrogens with zero attached hydrogens (tertiary/aromatic N) is 2. The highest BCUT2D eigenvalue weighted by Crippen LogP contribution is 2.26. The van der Waals surface area contributed by atoms with Gasteiger partial charge in [-0.3, -0.25) is 4.79 Å². The van der Waals surface area contributed by atoms with Gasteiger partial charge in [-0.2, -0.15) is 5.10 Å². The molecule has 0 aliphatic heterocycles. The second-order valence-corrected chi connectivity index (χ2v) is 7.25. The minimum absolute atomic E-state index is 0.0682. The van der Waals surface area contributed by atoms with Crippen LogP contribution in [0.3, 0.4) is 0 Å². The Kier molecular flexibility index (Phi) is 4.88. The van der Waals surface area contributed by atoms with Crippen LogP contribution in [0.25, 0.3) is 0 Å². The minimum Gasteiger partial charge on any atom is -0.382 e. The highest BCUT2D eigenvalue weighted by Gasteiger charge is 2.21. The van der Waals surface area contributed by atoms with Crippen molar-refractivity contribution in [1.29, 1.82) is 0 Å². The van der Waals surface area contributed by atoms with Crippen LogP contribution in [-0.4, -0.2) is 16.3 Å². The lowest BCUT2D eigenvalue weighted by molar-refractivity contribution is 0.556. The predicted octanol–water partition coefficient (Wildman–Crippen LogP) is 3.70. The van der Waals surface area contributed by atoms with E-state index in [0.29, 0.717) is 16.7 Å². The van der Waals surface area contributed by atoms with Crippen LogP contribution in [0.4, 0.5) is 5.69 Å². The van der Waals surface area contributed by atoms with E-state index in [0.717, 1.165) is 4.47 Å². The molecule has 2 aromatic rings. The molecule has 0 aliphatic carbocycles. The molecule has 0 bridgehead atoms. The summed E-state index contributed by atoms with van der Waals surface area (Å²) in [4.78, 5) is 11.8. The molecule has 0 atom stereocenters. The Morgan fingerprint density at radius 3 is 2.48 bits per heavy atom. The quantitative estimate of drug-likeness (QED) is 0.829. The smallest absolute Gasteiger partial charge is 0.282 e. The van der Waals surface area contributed by atoms with Crippen LogP contribution in [-0.2, 0) is 12.5 Å². The zero-order chi connectivity index (χ0) is 15.6. The van der Waals surface area contributed by atoms with Crippen LogP contribution in [0, 0.1) is 0 Å². The largest absolute Gasteiger partial charge is 0.382 e. The number of aryl methyl sites for hydroxylation is 1. The molecule has 4 nitrogen and oxygen atoms in total. The Labute approximate surface area is 140 Å². The average molecular weight is 415 g/mol. The first-order valence-corrected chi connectivity index (χ1v) is 8.11. The van der Waals surface area contributed by atoms with Crippen LogP contribution in [0.15, 0.2) is 44.2 Å². The maximum absolute atomic E-state index is 11.8. The summed E-state index contributed by atoms with van der Waals surface area (Å²) in [6.45, 7) is 5.01. The van der Waals surface area contributed by atoms with Gasteiger partial charge in [0, 0.05) is 23.5 Å². The Hall–Kier alpha value is -1.14. The summed E-state index contributed by atoms with van der Waals surface area (Å²) in [6.07, 6.45) is 1.66. The third kappa shape index (κ3) is 3.74. The number of nitrogens with one attached hydrogen (secondary N) is 1. The molecule has 0 fully saturated rings. The Morgan fingerprint density at radius 2 is 1.86 bits per heavy atom. The molecule has 1 heterocycles.